The maximum Gasteiger partial charge on any atom is 0.264 e. The number of amides is 1. The molecule has 0 unspecified atom stereocenters. The van der Waals surface area contributed by atoms with Gasteiger partial charge in [-0.2, -0.15) is 0 Å². The number of benzene rings is 2. The van der Waals surface area contributed by atoms with E-state index in [0.29, 0.717) is 18.7 Å². The van der Waals surface area contributed by atoms with Crippen LogP contribution in [0.5, 0.6) is 0 Å². The Morgan fingerprint density at radius 3 is 2.55 bits per heavy atom. The fraction of sp³-hybridized carbons (Fsp3) is 0.435. The van der Waals surface area contributed by atoms with Gasteiger partial charge in [-0.15, -0.1) is 0 Å². The van der Waals surface area contributed by atoms with Crippen LogP contribution in [0.3, 0.4) is 0 Å². The zero-order valence-electron chi connectivity index (χ0n) is 17.3. The molecule has 4 rings (SSSR count). The van der Waals surface area contributed by atoms with E-state index in [0.717, 1.165) is 36.1 Å². The molecule has 0 aromatic heterocycles. The molecule has 0 saturated heterocycles. The van der Waals surface area contributed by atoms with Crippen LogP contribution in [0.4, 0.5) is 11.4 Å². The predicted molar refractivity (Wildman–Crippen MR) is 116 cm³/mol. The van der Waals surface area contributed by atoms with Crippen molar-refractivity contribution in [2.75, 3.05) is 15.7 Å². The molecule has 0 radical (unpaired) electrons. The minimum absolute atomic E-state index is 0.0649. The highest BCUT2D eigenvalue weighted by molar-refractivity contribution is 7.92. The molecule has 1 aliphatic carbocycles. The highest BCUT2D eigenvalue weighted by atomic mass is 32.2. The van der Waals surface area contributed by atoms with Crippen molar-refractivity contribution < 1.29 is 13.2 Å². The third-order valence-electron chi connectivity index (χ3n) is 6.12. The Bertz CT molecular complexity index is 1040. The van der Waals surface area contributed by atoms with Gasteiger partial charge in [0.05, 0.1) is 10.6 Å². The van der Waals surface area contributed by atoms with Gasteiger partial charge in [-0.05, 0) is 81.5 Å². The van der Waals surface area contributed by atoms with Crippen molar-refractivity contribution in [3.63, 3.8) is 0 Å². The standard InChI is InChI=1S/C23H28N2O3S/c1-4-24(20-10-5-7-16(2)13-20)29(27,28)21-11-12-22-19(15-21)14-17(3)25(22)23(26)18-8-6-9-18/h5,7,10-13,15,17-18H,4,6,8-9,14H2,1-3H3/t17-/m0/s1. The molecule has 1 atom stereocenters. The Kier molecular flexibility index (Phi) is 5.15. The summed E-state index contributed by atoms with van der Waals surface area (Å²) in [6.45, 7) is 6.18. The van der Waals surface area contributed by atoms with Crippen LogP contribution in [0, 0.1) is 12.8 Å². The molecule has 0 spiro atoms. The molecule has 1 amide bonds. The van der Waals surface area contributed by atoms with Gasteiger partial charge >= 0.3 is 0 Å². The molecule has 2 aromatic rings. The van der Waals surface area contributed by atoms with Crippen LogP contribution in [-0.2, 0) is 21.2 Å². The first-order valence-electron chi connectivity index (χ1n) is 10.4. The van der Waals surface area contributed by atoms with Gasteiger partial charge < -0.3 is 4.90 Å². The van der Waals surface area contributed by atoms with Gasteiger partial charge in [0.1, 0.15) is 0 Å². The summed E-state index contributed by atoms with van der Waals surface area (Å²) in [5.41, 5.74) is 3.49. The van der Waals surface area contributed by atoms with Crippen LogP contribution in [0.25, 0.3) is 0 Å². The number of nitrogens with zero attached hydrogens (tertiary/aromatic N) is 2. The average Bonchev–Trinajstić information content (AvgIpc) is 2.95. The van der Waals surface area contributed by atoms with E-state index in [9.17, 15) is 13.2 Å². The summed E-state index contributed by atoms with van der Waals surface area (Å²) < 4.78 is 28.2. The van der Waals surface area contributed by atoms with Crippen molar-refractivity contribution >= 4 is 27.3 Å². The molecular weight excluding hydrogens is 384 g/mol. The van der Waals surface area contributed by atoms with E-state index in [4.69, 9.17) is 0 Å². The lowest BCUT2D eigenvalue weighted by atomic mass is 9.84. The molecule has 154 valence electrons. The summed E-state index contributed by atoms with van der Waals surface area (Å²) in [5, 5.41) is 0. The number of sulfonamides is 1. The monoisotopic (exact) mass is 412 g/mol. The summed E-state index contributed by atoms with van der Waals surface area (Å²) in [7, 11) is -3.68. The number of anilines is 2. The topological polar surface area (TPSA) is 57.7 Å². The van der Waals surface area contributed by atoms with Gasteiger partial charge in [-0.1, -0.05) is 18.6 Å². The van der Waals surface area contributed by atoms with Crippen molar-refractivity contribution in [2.45, 2.75) is 57.4 Å². The van der Waals surface area contributed by atoms with Crippen LogP contribution in [0.15, 0.2) is 47.4 Å². The fourth-order valence-corrected chi connectivity index (χ4v) is 5.87. The third kappa shape index (κ3) is 3.44. The Labute approximate surface area is 173 Å². The number of hydrogen-bond acceptors (Lipinski definition) is 3. The van der Waals surface area contributed by atoms with Crippen LogP contribution in [0.1, 0.15) is 44.2 Å². The van der Waals surface area contributed by atoms with E-state index in [1.54, 1.807) is 12.1 Å². The summed E-state index contributed by atoms with van der Waals surface area (Å²) in [4.78, 5) is 15.0. The lowest BCUT2D eigenvalue weighted by Crippen LogP contribution is -2.42. The molecule has 1 aliphatic heterocycles. The molecule has 5 nitrogen and oxygen atoms in total. The minimum Gasteiger partial charge on any atom is -0.309 e. The van der Waals surface area contributed by atoms with Crippen molar-refractivity contribution in [3.8, 4) is 0 Å². The summed E-state index contributed by atoms with van der Waals surface area (Å²) >= 11 is 0. The lowest BCUT2D eigenvalue weighted by Gasteiger charge is -2.32. The largest absolute Gasteiger partial charge is 0.309 e. The number of hydrogen-bond donors (Lipinski definition) is 0. The molecule has 0 bridgehead atoms. The Hall–Kier alpha value is -2.34. The average molecular weight is 413 g/mol. The summed E-state index contributed by atoms with van der Waals surface area (Å²) in [6.07, 6.45) is 3.74. The second-order valence-electron chi connectivity index (χ2n) is 8.19. The maximum atomic E-state index is 13.4. The molecular formula is C23H28N2O3S. The van der Waals surface area contributed by atoms with E-state index in [1.165, 1.54) is 4.31 Å². The molecule has 1 heterocycles. The highest BCUT2D eigenvalue weighted by Crippen LogP contribution is 2.38. The molecule has 2 aliphatic rings. The number of carbonyl (C=O) groups excluding carboxylic acids is 1. The first-order chi connectivity index (χ1) is 13.8. The summed E-state index contributed by atoms with van der Waals surface area (Å²) in [5.74, 6) is 0.316. The number of carbonyl (C=O) groups is 1. The van der Waals surface area contributed by atoms with E-state index < -0.39 is 10.0 Å². The van der Waals surface area contributed by atoms with E-state index in [1.807, 2.05) is 56.0 Å². The van der Waals surface area contributed by atoms with Crippen LogP contribution in [0.2, 0.25) is 0 Å². The Balaban J connectivity index is 1.68. The quantitative estimate of drug-likeness (QED) is 0.736. The third-order valence-corrected chi connectivity index (χ3v) is 8.02. The zero-order chi connectivity index (χ0) is 20.8. The van der Waals surface area contributed by atoms with Gasteiger partial charge in [0.2, 0.25) is 5.91 Å². The number of fused-ring (bicyclic) bond motifs is 1. The van der Waals surface area contributed by atoms with Crippen LogP contribution >= 0.6 is 0 Å². The van der Waals surface area contributed by atoms with Crippen LogP contribution < -0.4 is 9.21 Å². The van der Waals surface area contributed by atoms with Gasteiger partial charge in [-0.3, -0.25) is 9.10 Å². The predicted octanol–water partition coefficient (Wildman–Crippen LogP) is 4.29. The van der Waals surface area contributed by atoms with Crippen molar-refractivity contribution in [1.82, 2.24) is 0 Å². The van der Waals surface area contributed by atoms with Gasteiger partial charge in [0.15, 0.2) is 0 Å². The molecule has 2 aromatic carbocycles. The van der Waals surface area contributed by atoms with Gasteiger partial charge in [0.25, 0.3) is 10.0 Å². The summed E-state index contributed by atoms with van der Waals surface area (Å²) in [6, 6.07) is 12.8. The van der Waals surface area contributed by atoms with E-state index in [-0.39, 0.29) is 22.8 Å². The minimum atomic E-state index is -3.68. The lowest BCUT2D eigenvalue weighted by molar-refractivity contribution is -0.125. The number of rotatable bonds is 5. The second kappa shape index (κ2) is 7.48. The zero-order valence-corrected chi connectivity index (χ0v) is 18.1. The van der Waals surface area contributed by atoms with E-state index in [2.05, 4.69) is 0 Å². The van der Waals surface area contributed by atoms with Crippen molar-refractivity contribution in [1.29, 1.82) is 0 Å². The molecule has 0 N–H and O–H groups in total. The molecule has 6 heteroatoms. The van der Waals surface area contributed by atoms with Crippen LogP contribution in [-0.4, -0.2) is 26.9 Å². The first-order valence-corrected chi connectivity index (χ1v) is 11.8. The maximum absolute atomic E-state index is 13.4. The molecule has 1 saturated carbocycles. The first kappa shape index (κ1) is 20.0. The number of aryl methyl sites for hydroxylation is 1. The second-order valence-corrected chi connectivity index (χ2v) is 10.1. The SMILES string of the molecule is CCN(c1cccc(C)c1)S(=O)(=O)c1ccc2c(c1)C[C@H](C)N2C(=O)C1CCC1. The normalized spacial score (nSPS) is 19.0. The highest BCUT2D eigenvalue weighted by Gasteiger charge is 2.37. The molecule has 1 fully saturated rings. The van der Waals surface area contributed by atoms with Gasteiger partial charge in [-0.25, -0.2) is 8.42 Å². The fourth-order valence-electron chi connectivity index (χ4n) is 4.36. The van der Waals surface area contributed by atoms with Crippen molar-refractivity contribution in [2.24, 2.45) is 5.92 Å². The molecule has 29 heavy (non-hydrogen) atoms. The Morgan fingerprint density at radius 2 is 1.93 bits per heavy atom. The smallest absolute Gasteiger partial charge is 0.264 e. The Morgan fingerprint density at radius 1 is 1.17 bits per heavy atom. The van der Waals surface area contributed by atoms with Crippen molar-refractivity contribution in [3.05, 3.63) is 53.6 Å². The van der Waals surface area contributed by atoms with E-state index >= 15 is 0 Å². The van der Waals surface area contributed by atoms with Gasteiger partial charge in [0, 0.05) is 24.2 Å².